The lowest BCUT2D eigenvalue weighted by atomic mass is 9.99. The van der Waals surface area contributed by atoms with E-state index in [-0.39, 0.29) is 5.97 Å². The molecule has 0 bridgehead atoms. The van der Waals surface area contributed by atoms with Crippen molar-refractivity contribution in [3.05, 3.63) is 59.4 Å². The van der Waals surface area contributed by atoms with Crippen molar-refractivity contribution in [2.24, 2.45) is 0 Å². The van der Waals surface area contributed by atoms with Crippen LogP contribution in [0.15, 0.2) is 42.7 Å². The monoisotopic (exact) mass is 282 g/mol. The van der Waals surface area contributed by atoms with Gasteiger partial charge >= 0.3 is 5.97 Å². The van der Waals surface area contributed by atoms with Crippen LogP contribution in [0.25, 0.3) is 0 Å². The first kappa shape index (κ1) is 13.6. The quantitative estimate of drug-likeness (QED) is 0.812. The highest BCUT2D eigenvalue weighted by Crippen LogP contribution is 2.24. The molecule has 0 saturated carbocycles. The molecule has 4 nitrogen and oxygen atoms in total. The van der Waals surface area contributed by atoms with E-state index < -0.39 is 0 Å². The van der Waals surface area contributed by atoms with Gasteiger partial charge in [0.15, 0.2) is 0 Å². The van der Waals surface area contributed by atoms with Crippen molar-refractivity contribution in [2.45, 2.75) is 19.9 Å². The minimum Gasteiger partial charge on any atom is -0.462 e. The van der Waals surface area contributed by atoms with E-state index in [1.807, 2.05) is 6.07 Å². The molecule has 1 aliphatic rings. The average molecular weight is 282 g/mol. The summed E-state index contributed by atoms with van der Waals surface area (Å²) in [4.78, 5) is 18.2. The van der Waals surface area contributed by atoms with E-state index in [9.17, 15) is 4.79 Å². The second kappa shape index (κ2) is 5.95. The zero-order chi connectivity index (χ0) is 14.7. The lowest BCUT2D eigenvalue weighted by molar-refractivity contribution is 0.0526. The average Bonchev–Trinajstić information content (AvgIpc) is 2.55. The zero-order valence-electron chi connectivity index (χ0n) is 12.1. The fourth-order valence-corrected chi connectivity index (χ4v) is 2.64. The lowest BCUT2D eigenvalue weighted by Gasteiger charge is -2.30. The second-order valence-electron chi connectivity index (χ2n) is 5.09. The molecule has 0 unspecified atom stereocenters. The maximum Gasteiger partial charge on any atom is 0.339 e. The predicted octanol–water partition coefficient (Wildman–Crippen LogP) is 2.82. The van der Waals surface area contributed by atoms with Gasteiger partial charge in [-0.3, -0.25) is 4.98 Å². The first-order valence-electron chi connectivity index (χ1n) is 7.22. The Hall–Kier alpha value is -2.36. The van der Waals surface area contributed by atoms with Crippen LogP contribution in [0, 0.1) is 0 Å². The molecule has 0 spiro atoms. The molecular formula is C17H18N2O2. The van der Waals surface area contributed by atoms with Crippen LogP contribution in [-0.4, -0.2) is 24.1 Å². The van der Waals surface area contributed by atoms with Gasteiger partial charge < -0.3 is 9.64 Å². The largest absolute Gasteiger partial charge is 0.462 e. The second-order valence-corrected chi connectivity index (χ2v) is 5.09. The Bertz CT molecular complexity index is 655. The summed E-state index contributed by atoms with van der Waals surface area (Å²) in [6.45, 7) is 3.96. The maximum absolute atomic E-state index is 11.8. The van der Waals surface area contributed by atoms with Gasteiger partial charge in [-0.05, 0) is 30.5 Å². The van der Waals surface area contributed by atoms with Crippen LogP contribution in [-0.2, 0) is 17.7 Å². The number of benzene rings is 1. The number of ether oxygens (including phenoxy) is 1. The highest BCUT2D eigenvalue weighted by Gasteiger charge is 2.17. The topological polar surface area (TPSA) is 42.4 Å². The molecule has 0 radical (unpaired) electrons. The first-order valence-corrected chi connectivity index (χ1v) is 7.22. The van der Waals surface area contributed by atoms with Gasteiger partial charge in [0, 0.05) is 19.3 Å². The Morgan fingerprint density at radius 2 is 2.10 bits per heavy atom. The molecule has 0 aliphatic carbocycles. The third-order valence-electron chi connectivity index (χ3n) is 3.73. The fourth-order valence-electron chi connectivity index (χ4n) is 2.64. The molecule has 4 heteroatoms. The number of nitrogens with zero attached hydrogens (tertiary/aromatic N) is 2. The molecule has 108 valence electrons. The van der Waals surface area contributed by atoms with Crippen molar-refractivity contribution >= 4 is 11.7 Å². The lowest BCUT2D eigenvalue weighted by Crippen LogP contribution is -2.30. The van der Waals surface area contributed by atoms with Gasteiger partial charge in [-0.2, -0.15) is 0 Å². The van der Waals surface area contributed by atoms with Gasteiger partial charge in [-0.1, -0.05) is 24.3 Å². The number of carbonyl (C=O) groups excluding carboxylic acids is 1. The summed E-state index contributed by atoms with van der Waals surface area (Å²) in [6.07, 6.45) is 4.37. The standard InChI is InChI=1S/C17H18N2O2/c1-2-21-17(20)15-9-16(11-18-10-15)19-8-7-13-5-3-4-6-14(13)12-19/h3-6,9-11H,2,7-8,12H2,1H3. The molecule has 0 atom stereocenters. The summed E-state index contributed by atoms with van der Waals surface area (Å²) in [6, 6.07) is 10.3. The molecule has 1 aromatic heterocycles. The number of pyridine rings is 1. The van der Waals surface area contributed by atoms with Crippen LogP contribution >= 0.6 is 0 Å². The summed E-state index contributed by atoms with van der Waals surface area (Å²) in [5.41, 5.74) is 4.22. The van der Waals surface area contributed by atoms with Crippen molar-refractivity contribution in [3.63, 3.8) is 0 Å². The molecule has 2 heterocycles. The van der Waals surface area contributed by atoms with E-state index in [1.165, 1.54) is 11.1 Å². The Morgan fingerprint density at radius 1 is 1.29 bits per heavy atom. The Balaban J connectivity index is 1.82. The SMILES string of the molecule is CCOC(=O)c1cncc(N2CCc3ccccc3C2)c1. The molecular weight excluding hydrogens is 264 g/mol. The maximum atomic E-state index is 11.8. The molecule has 0 saturated heterocycles. The van der Waals surface area contributed by atoms with Gasteiger partial charge in [-0.25, -0.2) is 4.79 Å². The van der Waals surface area contributed by atoms with Crippen LogP contribution in [0.4, 0.5) is 5.69 Å². The molecule has 0 N–H and O–H groups in total. The highest BCUT2D eigenvalue weighted by atomic mass is 16.5. The first-order chi connectivity index (χ1) is 10.3. The van der Waals surface area contributed by atoms with E-state index >= 15 is 0 Å². The van der Waals surface area contributed by atoms with E-state index in [0.29, 0.717) is 12.2 Å². The minimum absolute atomic E-state index is 0.316. The van der Waals surface area contributed by atoms with Crippen molar-refractivity contribution in [2.75, 3.05) is 18.1 Å². The van der Waals surface area contributed by atoms with Gasteiger partial charge in [-0.15, -0.1) is 0 Å². The van der Waals surface area contributed by atoms with Gasteiger partial charge in [0.1, 0.15) is 0 Å². The summed E-state index contributed by atoms with van der Waals surface area (Å²) >= 11 is 0. The number of rotatable bonds is 3. The Labute approximate surface area is 124 Å². The van der Waals surface area contributed by atoms with Crippen molar-refractivity contribution in [3.8, 4) is 0 Å². The van der Waals surface area contributed by atoms with Gasteiger partial charge in [0.25, 0.3) is 0 Å². The van der Waals surface area contributed by atoms with Crippen LogP contribution in [0.5, 0.6) is 0 Å². The Kier molecular flexibility index (Phi) is 3.86. The van der Waals surface area contributed by atoms with E-state index in [2.05, 4.69) is 34.1 Å². The van der Waals surface area contributed by atoms with Crippen LogP contribution in [0.1, 0.15) is 28.4 Å². The summed E-state index contributed by atoms with van der Waals surface area (Å²) < 4.78 is 5.03. The highest BCUT2D eigenvalue weighted by molar-refractivity contribution is 5.90. The molecule has 0 amide bonds. The van der Waals surface area contributed by atoms with E-state index in [0.717, 1.165) is 25.2 Å². The van der Waals surface area contributed by atoms with Crippen molar-refractivity contribution in [1.82, 2.24) is 4.98 Å². The van der Waals surface area contributed by atoms with Crippen LogP contribution in [0.2, 0.25) is 0 Å². The summed E-state index contributed by atoms with van der Waals surface area (Å²) in [5.74, 6) is -0.316. The van der Waals surface area contributed by atoms with Crippen molar-refractivity contribution in [1.29, 1.82) is 0 Å². The predicted molar refractivity (Wildman–Crippen MR) is 81.4 cm³/mol. The molecule has 1 aliphatic heterocycles. The van der Waals surface area contributed by atoms with Crippen LogP contribution < -0.4 is 4.90 Å². The van der Waals surface area contributed by atoms with Gasteiger partial charge in [0.2, 0.25) is 0 Å². The molecule has 3 rings (SSSR count). The summed E-state index contributed by atoms with van der Waals surface area (Å²) in [7, 11) is 0. The molecule has 2 aromatic rings. The normalized spacial score (nSPS) is 13.7. The van der Waals surface area contributed by atoms with Gasteiger partial charge in [0.05, 0.1) is 24.1 Å². The number of esters is 1. The van der Waals surface area contributed by atoms with Crippen LogP contribution in [0.3, 0.4) is 0 Å². The number of hydrogen-bond acceptors (Lipinski definition) is 4. The zero-order valence-corrected chi connectivity index (χ0v) is 12.1. The molecule has 1 aromatic carbocycles. The number of carbonyl (C=O) groups is 1. The number of hydrogen-bond donors (Lipinski definition) is 0. The Morgan fingerprint density at radius 3 is 2.90 bits per heavy atom. The summed E-state index contributed by atoms with van der Waals surface area (Å²) in [5, 5.41) is 0. The van der Waals surface area contributed by atoms with Crippen molar-refractivity contribution < 1.29 is 9.53 Å². The smallest absolute Gasteiger partial charge is 0.339 e. The fraction of sp³-hybridized carbons (Fsp3) is 0.294. The molecule has 0 fully saturated rings. The minimum atomic E-state index is -0.316. The number of anilines is 1. The van der Waals surface area contributed by atoms with E-state index in [4.69, 9.17) is 4.74 Å². The molecule has 21 heavy (non-hydrogen) atoms. The third kappa shape index (κ3) is 2.89. The number of aromatic nitrogens is 1. The number of fused-ring (bicyclic) bond motifs is 1. The van der Waals surface area contributed by atoms with E-state index in [1.54, 1.807) is 19.3 Å². The third-order valence-corrected chi connectivity index (χ3v) is 3.73.